The summed E-state index contributed by atoms with van der Waals surface area (Å²) in [6, 6.07) is 10.5. The maximum Gasteiger partial charge on any atom is 0.317 e. The highest BCUT2D eigenvalue weighted by Crippen LogP contribution is 2.13. The quantitative estimate of drug-likeness (QED) is 0.822. The third-order valence-electron chi connectivity index (χ3n) is 3.72. The molecule has 1 N–H and O–H groups in total. The highest BCUT2D eigenvalue weighted by atomic mass is 19.1. The molecule has 0 aliphatic rings. The van der Waals surface area contributed by atoms with Crippen LogP contribution in [0.25, 0.3) is 0 Å². The summed E-state index contributed by atoms with van der Waals surface area (Å²) in [6.07, 6.45) is 1.96. The molecule has 0 spiro atoms. The number of urea groups is 1. The van der Waals surface area contributed by atoms with Gasteiger partial charge in [-0.3, -0.25) is 0 Å². The standard InChI is InChI=1S/C19H26FN3O/c1-4-21-19(24)23(12-15(2)3)14-18-9-6-10-22(18)13-16-7-5-8-17(20)11-16/h5-11,15H,4,12-14H2,1-3H3,(H,21,24). The molecule has 0 unspecified atom stereocenters. The van der Waals surface area contributed by atoms with Crippen LogP contribution < -0.4 is 5.32 Å². The summed E-state index contributed by atoms with van der Waals surface area (Å²) in [5.74, 6) is 0.157. The SMILES string of the molecule is CCNC(=O)N(Cc1cccn1Cc1cccc(F)c1)CC(C)C. The van der Waals surface area contributed by atoms with E-state index in [1.165, 1.54) is 6.07 Å². The topological polar surface area (TPSA) is 37.3 Å². The number of carbonyl (C=O) groups excluding carboxylic acids is 1. The molecule has 0 saturated heterocycles. The van der Waals surface area contributed by atoms with Crippen LogP contribution in [-0.2, 0) is 13.1 Å². The molecular formula is C19H26FN3O. The van der Waals surface area contributed by atoms with Crippen LogP contribution in [-0.4, -0.2) is 28.6 Å². The molecule has 24 heavy (non-hydrogen) atoms. The average Bonchev–Trinajstić information content (AvgIpc) is 2.93. The minimum Gasteiger partial charge on any atom is -0.345 e. The van der Waals surface area contributed by atoms with Gasteiger partial charge in [0.2, 0.25) is 0 Å². The molecule has 1 heterocycles. The molecule has 0 saturated carbocycles. The smallest absolute Gasteiger partial charge is 0.317 e. The van der Waals surface area contributed by atoms with Crippen molar-refractivity contribution in [1.82, 2.24) is 14.8 Å². The predicted octanol–water partition coefficient (Wildman–Crippen LogP) is 3.86. The summed E-state index contributed by atoms with van der Waals surface area (Å²) in [7, 11) is 0. The van der Waals surface area contributed by atoms with Gasteiger partial charge < -0.3 is 14.8 Å². The number of nitrogens with zero attached hydrogens (tertiary/aromatic N) is 2. The number of nitrogens with one attached hydrogen (secondary N) is 1. The van der Waals surface area contributed by atoms with E-state index in [1.807, 2.05) is 36.2 Å². The van der Waals surface area contributed by atoms with E-state index in [1.54, 1.807) is 12.1 Å². The maximum absolute atomic E-state index is 13.4. The zero-order valence-electron chi connectivity index (χ0n) is 14.6. The molecule has 0 aliphatic heterocycles. The molecule has 0 bridgehead atoms. The van der Waals surface area contributed by atoms with E-state index in [4.69, 9.17) is 0 Å². The monoisotopic (exact) mass is 331 g/mol. The Labute approximate surface area is 143 Å². The molecule has 1 aromatic heterocycles. The fourth-order valence-corrected chi connectivity index (χ4v) is 2.70. The predicted molar refractivity (Wildman–Crippen MR) is 94.3 cm³/mol. The van der Waals surface area contributed by atoms with Crippen molar-refractivity contribution in [3.05, 3.63) is 59.7 Å². The second-order valence-electron chi connectivity index (χ2n) is 6.37. The van der Waals surface area contributed by atoms with Gasteiger partial charge in [-0.2, -0.15) is 0 Å². The Morgan fingerprint density at radius 2 is 2.08 bits per heavy atom. The van der Waals surface area contributed by atoms with Crippen molar-refractivity contribution in [2.24, 2.45) is 5.92 Å². The van der Waals surface area contributed by atoms with E-state index in [0.717, 1.165) is 11.3 Å². The molecular weight excluding hydrogens is 305 g/mol. The van der Waals surface area contributed by atoms with Crippen LogP contribution in [0.2, 0.25) is 0 Å². The fourth-order valence-electron chi connectivity index (χ4n) is 2.70. The first kappa shape index (κ1) is 18.0. The Hall–Kier alpha value is -2.30. The maximum atomic E-state index is 13.4. The molecule has 130 valence electrons. The van der Waals surface area contributed by atoms with Crippen molar-refractivity contribution in [2.45, 2.75) is 33.9 Å². The zero-order valence-corrected chi connectivity index (χ0v) is 14.6. The van der Waals surface area contributed by atoms with Crippen LogP contribution in [0.1, 0.15) is 32.0 Å². The van der Waals surface area contributed by atoms with Gasteiger partial charge in [-0.25, -0.2) is 9.18 Å². The molecule has 2 rings (SSSR count). The second kappa shape index (κ2) is 8.52. The third kappa shape index (κ3) is 5.11. The third-order valence-corrected chi connectivity index (χ3v) is 3.72. The first-order chi connectivity index (χ1) is 11.5. The molecule has 5 heteroatoms. The number of aromatic nitrogens is 1. The first-order valence-electron chi connectivity index (χ1n) is 8.40. The Morgan fingerprint density at radius 1 is 1.29 bits per heavy atom. The van der Waals surface area contributed by atoms with Crippen LogP contribution >= 0.6 is 0 Å². The fraction of sp³-hybridized carbons (Fsp3) is 0.421. The molecule has 0 radical (unpaired) electrons. The van der Waals surface area contributed by atoms with Gasteiger partial charge in [0.1, 0.15) is 5.82 Å². The lowest BCUT2D eigenvalue weighted by Gasteiger charge is -2.25. The first-order valence-corrected chi connectivity index (χ1v) is 8.40. The van der Waals surface area contributed by atoms with Gasteiger partial charge in [0.05, 0.1) is 6.54 Å². The van der Waals surface area contributed by atoms with Gasteiger partial charge in [0.25, 0.3) is 0 Å². The van der Waals surface area contributed by atoms with Crippen LogP contribution in [0.3, 0.4) is 0 Å². The van der Waals surface area contributed by atoms with E-state index in [-0.39, 0.29) is 11.8 Å². The van der Waals surface area contributed by atoms with Crippen LogP contribution in [0.5, 0.6) is 0 Å². The van der Waals surface area contributed by atoms with Gasteiger partial charge in [0, 0.05) is 31.5 Å². The minimum atomic E-state index is -0.232. The summed E-state index contributed by atoms with van der Waals surface area (Å²) in [5.41, 5.74) is 1.94. The van der Waals surface area contributed by atoms with E-state index in [2.05, 4.69) is 23.7 Å². The summed E-state index contributed by atoms with van der Waals surface area (Å²) >= 11 is 0. The van der Waals surface area contributed by atoms with Crippen molar-refractivity contribution in [3.63, 3.8) is 0 Å². The highest BCUT2D eigenvalue weighted by molar-refractivity contribution is 5.74. The number of hydrogen-bond acceptors (Lipinski definition) is 1. The Kier molecular flexibility index (Phi) is 6.41. The molecule has 1 aromatic carbocycles. The van der Waals surface area contributed by atoms with E-state index < -0.39 is 0 Å². The number of benzene rings is 1. The number of halogens is 1. The lowest BCUT2D eigenvalue weighted by atomic mass is 10.2. The molecule has 4 nitrogen and oxygen atoms in total. The summed E-state index contributed by atoms with van der Waals surface area (Å²) in [4.78, 5) is 14.1. The van der Waals surface area contributed by atoms with Crippen molar-refractivity contribution in [2.75, 3.05) is 13.1 Å². The average molecular weight is 331 g/mol. The summed E-state index contributed by atoms with van der Waals surface area (Å²) < 4.78 is 15.4. The summed E-state index contributed by atoms with van der Waals surface area (Å²) in [6.45, 7) is 8.53. The lowest BCUT2D eigenvalue weighted by molar-refractivity contribution is 0.187. The van der Waals surface area contributed by atoms with E-state index >= 15 is 0 Å². The Bertz CT molecular complexity index is 666. The van der Waals surface area contributed by atoms with Gasteiger partial charge >= 0.3 is 6.03 Å². The normalized spacial score (nSPS) is 10.9. The number of hydrogen-bond donors (Lipinski definition) is 1. The van der Waals surface area contributed by atoms with E-state index in [0.29, 0.717) is 32.1 Å². The molecule has 2 amide bonds. The summed E-state index contributed by atoms with van der Waals surface area (Å²) in [5, 5.41) is 2.87. The van der Waals surface area contributed by atoms with Crippen molar-refractivity contribution >= 4 is 6.03 Å². The second-order valence-corrected chi connectivity index (χ2v) is 6.37. The van der Waals surface area contributed by atoms with Crippen LogP contribution in [0.4, 0.5) is 9.18 Å². The lowest BCUT2D eigenvalue weighted by Crippen LogP contribution is -2.41. The van der Waals surface area contributed by atoms with Gasteiger partial charge in [0.15, 0.2) is 0 Å². The van der Waals surface area contributed by atoms with Crippen LogP contribution in [0.15, 0.2) is 42.6 Å². The number of amides is 2. The molecule has 2 aromatic rings. The zero-order chi connectivity index (χ0) is 17.5. The van der Waals surface area contributed by atoms with E-state index in [9.17, 15) is 9.18 Å². The Balaban J connectivity index is 2.13. The van der Waals surface area contributed by atoms with Crippen LogP contribution in [0, 0.1) is 11.7 Å². The van der Waals surface area contributed by atoms with Gasteiger partial charge in [-0.05, 0) is 42.7 Å². The number of carbonyl (C=O) groups is 1. The molecule has 0 atom stereocenters. The molecule has 0 fully saturated rings. The molecule has 0 aliphatic carbocycles. The van der Waals surface area contributed by atoms with Crippen molar-refractivity contribution in [3.8, 4) is 0 Å². The van der Waals surface area contributed by atoms with Gasteiger partial charge in [-0.15, -0.1) is 0 Å². The van der Waals surface area contributed by atoms with Gasteiger partial charge in [-0.1, -0.05) is 26.0 Å². The van der Waals surface area contributed by atoms with Crippen molar-refractivity contribution < 1.29 is 9.18 Å². The minimum absolute atomic E-state index is 0.0512. The number of rotatable bonds is 7. The highest BCUT2D eigenvalue weighted by Gasteiger charge is 2.16. The van der Waals surface area contributed by atoms with Crippen molar-refractivity contribution in [1.29, 1.82) is 0 Å². The largest absolute Gasteiger partial charge is 0.345 e. The Morgan fingerprint density at radius 3 is 2.75 bits per heavy atom.